The zero-order valence-electron chi connectivity index (χ0n) is 20.4. The number of hydrogen-bond acceptors (Lipinski definition) is 3. The molecule has 1 aliphatic heterocycles. The number of amides is 1. The van der Waals surface area contributed by atoms with E-state index in [4.69, 9.17) is 4.74 Å². The van der Waals surface area contributed by atoms with Gasteiger partial charge in [-0.15, -0.1) is 0 Å². The van der Waals surface area contributed by atoms with Gasteiger partial charge in [0, 0.05) is 44.6 Å². The first-order valence-electron chi connectivity index (χ1n) is 11.8. The summed E-state index contributed by atoms with van der Waals surface area (Å²) in [6.45, 7) is 11.6. The quantitative estimate of drug-likeness (QED) is 0.509. The van der Waals surface area contributed by atoms with E-state index < -0.39 is 11.6 Å². The summed E-state index contributed by atoms with van der Waals surface area (Å²) in [5.74, 6) is 0.0327. The van der Waals surface area contributed by atoms with Crippen molar-refractivity contribution in [3.05, 3.63) is 65.2 Å². The zero-order valence-corrected chi connectivity index (χ0v) is 20.4. The number of likely N-dealkylation sites (tertiary alicyclic amines) is 1. The van der Waals surface area contributed by atoms with Gasteiger partial charge in [0.25, 0.3) is 0 Å². The van der Waals surface area contributed by atoms with Crippen LogP contribution >= 0.6 is 0 Å². The van der Waals surface area contributed by atoms with Gasteiger partial charge in [-0.3, -0.25) is 9.69 Å². The molecule has 3 rings (SSSR count). The minimum Gasteiger partial charge on any atom is -0.496 e. The summed E-state index contributed by atoms with van der Waals surface area (Å²) < 4.78 is 32.8. The summed E-state index contributed by atoms with van der Waals surface area (Å²) in [5, 5.41) is 0. The largest absolute Gasteiger partial charge is 0.496 e. The highest BCUT2D eigenvalue weighted by atomic mass is 19.2. The van der Waals surface area contributed by atoms with Crippen molar-refractivity contribution in [1.29, 1.82) is 0 Å². The zero-order chi connectivity index (χ0) is 24.1. The van der Waals surface area contributed by atoms with Crippen molar-refractivity contribution in [3.8, 4) is 5.75 Å². The van der Waals surface area contributed by atoms with E-state index in [0.717, 1.165) is 36.5 Å². The molecule has 4 nitrogen and oxygen atoms in total. The molecule has 6 heteroatoms. The first kappa shape index (κ1) is 25.2. The van der Waals surface area contributed by atoms with Crippen LogP contribution < -0.4 is 4.74 Å². The molecule has 180 valence electrons. The van der Waals surface area contributed by atoms with E-state index in [0.29, 0.717) is 19.0 Å². The van der Waals surface area contributed by atoms with E-state index >= 15 is 0 Å². The van der Waals surface area contributed by atoms with Crippen LogP contribution in [-0.4, -0.2) is 49.0 Å². The molecule has 1 aliphatic rings. The van der Waals surface area contributed by atoms with Crippen LogP contribution in [-0.2, 0) is 11.3 Å². The Morgan fingerprint density at radius 1 is 1.09 bits per heavy atom. The maximum absolute atomic E-state index is 13.8. The molecule has 0 aliphatic carbocycles. The van der Waals surface area contributed by atoms with E-state index in [9.17, 15) is 13.6 Å². The van der Waals surface area contributed by atoms with E-state index in [2.05, 4.69) is 24.8 Å². The van der Waals surface area contributed by atoms with Crippen LogP contribution in [0.3, 0.4) is 0 Å². The van der Waals surface area contributed by atoms with Gasteiger partial charge in [0.15, 0.2) is 11.6 Å². The molecular formula is C27H36F2N2O2. The molecule has 0 aromatic heterocycles. The number of methoxy groups -OCH3 is 1. The fourth-order valence-corrected chi connectivity index (χ4v) is 4.84. The van der Waals surface area contributed by atoms with Crippen LogP contribution in [0.5, 0.6) is 5.75 Å². The minimum atomic E-state index is -0.832. The first-order chi connectivity index (χ1) is 15.7. The second-order valence-electron chi connectivity index (χ2n) is 9.84. The van der Waals surface area contributed by atoms with E-state index in [1.807, 2.05) is 36.9 Å². The van der Waals surface area contributed by atoms with E-state index in [1.54, 1.807) is 13.2 Å². The maximum Gasteiger partial charge on any atom is 0.225 e. The summed E-state index contributed by atoms with van der Waals surface area (Å²) >= 11 is 0. The molecule has 1 amide bonds. The van der Waals surface area contributed by atoms with E-state index in [1.165, 1.54) is 12.1 Å². The molecule has 1 fully saturated rings. The Morgan fingerprint density at radius 2 is 1.82 bits per heavy atom. The monoisotopic (exact) mass is 458 g/mol. The Kier molecular flexibility index (Phi) is 8.46. The molecule has 1 saturated heterocycles. The Bertz CT molecular complexity index is 947. The molecular weight excluding hydrogens is 422 g/mol. The third-order valence-corrected chi connectivity index (χ3v) is 6.29. The Balaban J connectivity index is 1.88. The smallest absolute Gasteiger partial charge is 0.225 e. The summed E-state index contributed by atoms with van der Waals surface area (Å²) in [5.41, 5.74) is 1.87. The van der Waals surface area contributed by atoms with Crippen LogP contribution in [0.2, 0.25) is 0 Å². The first-order valence-corrected chi connectivity index (χ1v) is 11.8. The molecule has 0 saturated carbocycles. The normalized spacial score (nSPS) is 18.8. The van der Waals surface area contributed by atoms with Crippen molar-refractivity contribution < 1.29 is 18.3 Å². The molecule has 33 heavy (non-hydrogen) atoms. The molecule has 0 N–H and O–H groups in total. The number of ether oxygens (including phenoxy) is 1. The lowest BCUT2D eigenvalue weighted by Gasteiger charge is -2.31. The number of benzene rings is 2. The topological polar surface area (TPSA) is 32.8 Å². The molecule has 2 aromatic carbocycles. The SMILES string of the molecule is COc1ccccc1[C@@H]1CN(Cc2ccc(F)c(F)c2)C[C@@H]1CN(CC(C)C)C(=O)C(C)C. The van der Waals surface area contributed by atoms with Gasteiger partial charge in [-0.05, 0) is 41.2 Å². The van der Waals surface area contributed by atoms with Gasteiger partial charge in [-0.1, -0.05) is 52.0 Å². The predicted octanol–water partition coefficient (Wildman–Crippen LogP) is 5.33. The lowest BCUT2D eigenvalue weighted by atomic mass is 9.87. The van der Waals surface area contributed by atoms with Gasteiger partial charge >= 0.3 is 0 Å². The lowest BCUT2D eigenvalue weighted by Crippen LogP contribution is -2.41. The maximum atomic E-state index is 13.8. The highest BCUT2D eigenvalue weighted by molar-refractivity contribution is 5.78. The molecule has 0 spiro atoms. The van der Waals surface area contributed by atoms with Crippen LogP contribution in [0.25, 0.3) is 0 Å². The van der Waals surface area contributed by atoms with Crippen LogP contribution in [0, 0.1) is 29.4 Å². The Hall–Kier alpha value is -2.47. The highest BCUT2D eigenvalue weighted by Crippen LogP contribution is 2.38. The van der Waals surface area contributed by atoms with E-state index in [-0.39, 0.29) is 23.7 Å². The molecule has 2 atom stereocenters. The predicted molar refractivity (Wildman–Crippen MR) is 127 cm³/mol. The van der Waals surface area contributed by atoms with Crippen molar-refractivity contribution >= 4 is 5.91 Å². The van der Waals surface area contributed by atoms with Gasteiger partial charge in [0.2, 0.25) is 5.91 Å². The van der Waals surface area contributed by atoms with Crippen LogP contribution in [0.15, 0.2) is 42.5 Å². The second kappa shape index (κ2) is 11.1. The fraction of sp³-hybridized carbons (Fsp3) is 0.519. The number of halogens is 2. The number of para-hydroxylation sites is 1. The molecule has 0 unspecified atom stereocenters. The van der Waals surface area contributed by atoms with Gasteiger partial charge < -0.3 is 9.64 Å². The standard InChI is InChI=1S/C27H36F2N2O2/c1-18(2)13-31(27(32)19(3)4)16-21-15-30(14-20-10-11-24(28)25(29)12-20)17-23(21)22-8-6-7-9-26(22)33-5/h6-12,18-19,21,23H,13-17H2,1-5H3/t21-,23-/m1/s1. The third-order valence-electron chi connectivity index (χ3n) is 6.29. The molecule has 2 aromatic rings. The second-order valence-corrected chi connectivity index (χ2v) is 9.84. The van der Waals surface area contributed by atoms with Crippen molar-refractivity contribution in [3.63, 3.8) is 0 Å². The van der Waals surface area contributed by atoms with Gasteiger partial charge in [0.05, 0.1) is 7.11 Å². The third kappa shape index (κ3) is 6.32. The van der Waals surface area contributed by atoms with Crippen molar-refractivity contribution in [1.82, 2.24) is 9.80 Å². The van der Waals surface area contributed by atoms with Gasteiger partial charge in [-0.25, -0.2) is 8.78 Å². The van der Waals surface area contributed by atoms with Crippen LogP contribution in [0.1, 0.15) is 44.7 Å². The van der Waals surface area contributed by atoms with Gasteiger partial charge in [-0.2, -0.15) is 0 Å². The molecule has 0 radical (unpaired) electrons. The number of rotatable bonds is 9. The fourth-order valence-electron chi connectivity index (χ4n) is 4.84. The van der Waals surface area contributed by atoms with Crippen molar-refractivity contribution in [2.75, 3.05) is 33.3 Å². The Morgan fingerprint density at radius 3 is 2.45 bits per heavy atom. The average molecular weight is 459 g/mol. The minimum absolute atomic E-state index is 0.0619. The summed E-state index contributed by atoms with van der Waals surface area (Å²) in [6, 6.07) is 12.1. The number of carbonyl (C=O) groups excluding carboxylic acids is 1. The van der Waals surface area contributed by atoms with Crippen LogP contribution in [0.4, 0.5) is 8.78 Å². The molecule has 1 heterocycles. The van der Waals surface area contributed by atoms with Gasteiger partial charge in [0.1, 0.15) is 5.75 Å². The lowest BCUT2D eigenvalue weighted by molar-refractivity contribution is -0.135. The number of carbonyl (C=O) groups is 1. The summed E-state index contributed by atoms with van der Waals surface area (Å²) in [6.07, 6.45) is 0. The highest BCUT2D eigenvalue weighted by Gasteiger charge is 2.37. The summed E-state index contributed by atoms with van der Waals surface area (Å²) in [4.78, 5) is 17.3. The Labute approximate surface area is 196 Å². The summed E-state index contributed by atoms with van der Waals surface area (Å²) in [7, 11) is 1.68. The van der Waals surface area contributed by atoms with Crippen molar-refractivity contribution in [2.24, 2.45) is 17.8 Å². The molecule has 0 bridgehead atoms. The average Bonchev–Trinajstić information content (AvgIpc) is 3.16. The number of hydrogen-bond donors (Lipinski definition) is 0. The van der Waals surface area contributed by atoms with Crippen molar-refractivity contribution in [2.45, 2.75) is 40.2 Å². The number of nitrogens with zero attached hydrogens (tertiary/aromatic N) is 2.